The van der Waals surface area contributed by atoms with Crippen LogP contribution in [0.4, 0.5) is 0 Å². The third kappa shape index (κ3) is 3.32. The predicted octanol–water partition coefficient (Wildman–Crippen LogP) is 2.28. The van der Waals surface area contributed by atoms with Gasteiger partial charge in [0.05, 0.1) is 11.7 Å². The zero-order valence-electron chi connectivity index (χ0n) is 15.0. The van der Waals surface area contributed by atoms with Crippen molar-refractivity contribution < 1.29 is 4.79 Å². The highest BCUT2D eigenvalue weighted by atomic mass is 32.1. The maximum absolute atomic E-state index is 12.3. The molecular formula is C18H23N5OS. The number of likely N-dealkylation sites (tertiary alicyclic amines) is 1. The van der Waals surface area contributed by atoms with Gasteiger partial charge in [0.15, 0.2) is 0 Å². The van der Waals surface area contributed by atoms with Gasteiger partial charge in [0, 0.05) is 55.7 Å². The number of carbonyl (C=O) groups excluding carboxylic acids is 1. The van der Waals surface area contributed by atoms with E-state index < -0.39 is 0 Å². The Morgan fingerprint density at radius 3 is 2.76 bits per heavy atom. The topological polar surface area (TPSA) is 74.0 Å². The first kappa shape index (κ1) is 17.6. The van der Waals surface area contributed by atoms with Crippen LogP contribution in [0, 0.1) is 31.1 Å². The van der Waals surface area contributed by atoms with Crippen LogP contribution in [0.15, 0.2) is 12.1 Å². The number of amides is 1. The van der Waals surface area contributed by atoms with Crippen LogP contribution >= 0.6 is 11.3 Å². The highest BCUT2D eigenvalue weighted by Gasteiger charge is 2.40. The van der Waals surface area contributed by atoms with E-state index in [9.17, 15) is 4.79 Å². The summed E-state index contributed by atoms with van der Waals surface area (Å²) in [6, 6.07) is 6.05. The van der Waals surface area contributed by atoms with Gasteiger partial charge in [0.25, 0.3) is 0 Å². The van der Waals surface area contributed by atoms with Crippen molar-refractivity contribution in [3.05, 3.63) is 38.8 Å². The lowest BCUT2D eigenvalue weighted by atomic mass is 9.92. The second-order valence-corrected chi connectivity index (χ2v) is 7.80. The molecule has 2 atom stereocenters. The molecule has 1 aliphatic heterocycles. The average Bonchev–Trinajstić information content (AvgIpc) is 3.21. The molecule has 0 unspecified atom stereocenters. The van der Waals surface area contributed by atoms with Crippen LogP contribution in [0.2, 0.25) is 0 Å². The van der Waals surface area contributed by atoms with Crippen LogP contribution in [0.5, 0.6) is 0 Å². The summed E-state index contributed by atoms with van der Waals surface area (Å²) < 4.78 is 1.89. The smallest absolute Gasteiger partial charge is 0.223 e. The Labute approximate surface area is 152 Å². The third-order valence-corrected chi connectivity index (χ3v) is 6.02. The van der Waals surface area contributed by atoms with Crippen LogP contribution in [-0.2, 0) is 18.4 Å². The summed E-state index contributed by atoms with van der Waals surface area (Å²) in [4.78, 5) is 16.0. The van der Waals surface area contributed by atoms with Crippen molar-refractivity contribution >= 4 is 17.2 Å². The molecule has 6 nitrogen and oxygen atoms in total. The highest BCUT2D eigenvalue weighted by molar-refractivity contribution is 7.12. The van der Waals surface area contributed by atoms with E-state index in [-0.39, 0.29) is 17.9 Å². The molecule has 1 amide bonds. The molecule has 2 aromatic heterocycles. The molecule has 0 bridgehead atoms. The molecular weight excluding hydrogens is 334 g/mol. The quantitative estimate of drug-likeness (QED) is 0.891. The Morgan fingerprint density at radius 1 is 1.40 bits per heavy atom. The van der Waals surface area contributed by atoms with Gasteiger partial charge < -0.3 is 10.2 Å². The molecule has 1 N–H and O–H groups in total. The van der Waals surface area contributed by atoms with Crippen LogP contribution in [0.1, 0.15) is 39.2 Å². The molecule has 3 rings (SSSR count). The van der Waals surface area contributed by atoms with Crippen molar-refractivity contribution in [2.75, 3.05) is 13.6 Å². The van der Waals surface area contributed by atoms with E-state index in [0.29, 0.717) is 6.42 Å². The fourth-order valence-corrected chi connectivity index (χ4v) is 4.47. The van der Waals surface area contributed by atoms with Crippen LogP contribution in [0.25, 0.3) is 0 Å². The summed E-state index contributed by atoms with van der Waals surface area (Å²) >= 11 is 1.51. The van der Waals surface area contributed by atoms with E-state index >= 15 is 0 Å². The Morgan fingerprint density at radius 2 is 2.16 bits per heavy atom. The zero-order valence-corrected chi connectivity index (χ0v) is 15.9. The number of aryl methyl sites for hydroxylation is 2. The number of hydrogen-bond donors (Lipinski definition) is 1. The number of carbonyl (C=O) groups is 1. The second kappa shape index (κ2) is 6.98. The molecule has 0 radical (unpaired) electrons. The third-order valence-electron chi connectivity index (χ3n) is 5.03. The molecule has 1 fully saturated rings. The maximum atomic E-state index is 12.3. The van der Waals surface area contributed by atoms with Crippen molar-refractivity contribution in [1.82, 2.24) is 20.0 Å². The molecule has 0 aromatic carbocycles. The minimum Gasteiger partial charge on any atom is -0.338 e. The summed E-state index contributed by atoms with van der Waals surface area (Å²) in [6.07, 6.45) is 0.551. The summed E-state index contributed by atoms with van der Waals surface area (Å²) in [7, 11) is 3.83. The summed E-state index contributed by atoms with van der Waals surface area (Å²) in [5.41, 5.74) is 3.28. The van der Waals surface area contributed by atoms with Crippen molar-refractivity contribution in [1.29, 1.82) is 5.26 Å². The lowest BCUT2D eigenvalue weighted by Gasteiger charge is -2.26. The molecule has 3 heterocycles. The van der Waals surface area contributed by atoms with Crippen LogP contribution in [0.3, 0.4) is 0 Å². The van der Waals surface area contributed by atoms with Crippen molar-refractivity contribution in [3.8, 4) is 6.07 Å². The minimum atomic E-state index is 0.0618. The average molecular weight is 357 g/mol. The first-order valence-electron chi connectivity index (χ1n) is 8.37. The lowest BCUT2D eigenvalue weighted by molar-refractivity contribution is -0.127. The molecule has 2 aromatic rings. The first-order chi connectivity index (χ1) is 11.9. The molecule has 25 heavy (non-hydrogen) atoms. The number of rotatable bonds is 5. The number of thiophene rings is 1. The molecule has 7 heteroatoms. The molecule has 0 aliphatic carbocycles. The van der Waals surface area contributed by atoms with E-state index in [0.717, 1.165) is 34.2 Å². The maximum Gasteiger partial charge on any atom is 0.223 e. The van der Waals surface area contributed by atoms with E-state index in [4.69, 9.17) is 5.26 Å². The molecule has 1 saturated heterocycles. The van der Waals surface area contributed by atoms with E-state index in [1.165, 1.54) is 16.9 Å². The van der Waals surface area contributed by atoms with Gasteiger partial charge in [-0.15, -0.1) is 11.3 Å². The Balaban J connectivity index is 1.73. The molecule has 0 saturated carbocycles. The van der Waals surface area contributed by atoms with Gasteiger partial charge in [-0.1, -0.05) is 0 Å². The van der Waals surface area contributed by atoms with Crippen molar-refractivity contribution in [2.45, 2.75) is 32.9 Å². The highest BCUT2D eigenvalue weighted by Crippen LogP contribution is 2.39. The van der Waals surface area contributed by atoms with Gasteiger partial charge in [-0.25, -0.2) is 0 Å². The van der Waals surface area contributed by atoms with Crippen molar-refractivity contribution in [2.24, 2.45) is 13.0 Å². The Bertz CT molecular complexity index is 831. The number of nitrogens with zero attached hydrogens (tertiary/aromatic N) is 4. The largest absolute Gasteiger partial charge is 0.338 e. The number of nitrogens with one attached hydrogen (secondary N) is 1. The summed E-state index contributed by atoms with van der Waals surface area (Å²) in [5, 5.41) is 16.9. The van der Waals surface area contributed by atoms with Gasteiger partial charge in [0.1, 0.15) is 10.9 Å². The molecule has 0 spiro atoms. The number of hydrogen-bond acceptors (Lipinski definition) is 5. The fourth-order valence-electron chi connectivity index (χ4n) is 3.70. The Kier molecular flexibility index (Phi) is 4.93. The van der Waals surface area contributed by atoms with Crippen LogP contribution < -0.4 is 5.32 Å². The Hall–Kier alpha value is -2.17. The van der Waals surface area contributed by atoms with E-state index in [2.05, 4.69) is 23.4 Å². The molecule has 132 valence electrons. The lowest BCUT2D eigenvalue weighted by Crippen LogP contribution is -2.29. The number of aromatic nitrogens is 2. The first-order valence-corrected chi connectivity index (χ1v) is 9.19. The fraction of sp³-hybridized carbons (Fsp3) is 0.500. The molecule has 1 aliphatic rings. The van der Waals surface area contributed by atoms with Gasteiger partial charge in [0.2, 0.25) is 5.91 Å². The van der Waals surface area contributed by atoms with Crippen LogP contribution in [-0.4, -0.2) is 34.2 Å². The number of nitriles is 1. The monoisotopic (exact) mass is 357 g/mol. The second-order valence-electron chi connectivity index (χ2n) is 6.63. The van der Waals surface area contributed by atoms with E-state index in [1.54, 1.807) is 0 Å². The standard InChI is InChI=1S/C18H23N5OS/c1-11-17(12(2)23(4)21-11)18-13(7-16(24)22(18)3)9-20-10-15-6-5-14(8-19)25-15/h5-6,13,18,20H,7,9-10H2,1-4H3/t13-,18+/m0/s1. The summed E-state index contributed by atoms with van der Waals surface area (Å²) in [6.45, 7) is 5.55. The zero-order chi connectivity index (χ0) is 18.1. The normalized spacial score (nSPS) is 20.3. The summed E-state index contributed by atoms with van der Waals surface area (Å²) in [5.74, 6) is 0.400. The van der Waals surface area contributed by atoms with Gasteiger partial charge in [-0.05, 0) is 26.0 Å². The van der Waals surface area contributed by atoms with Gasteiger partial charge in [-0.3, -0.25) is 9.48 Å². The SMILES string of the molecule is Cc1nn(C)c(C)c1[C@H]1[C@H](CNCc2ccc(C#N)s2)CC(=O)N1C. The van der Waals surface area contributed by atoms with E-state index in [1.807, 2.05) is 42.7 Å². The van der Waals surface area contributed by atoms with Gasteiger partial charge >= 0.3 is 0 Å². The predicted molar refractivity (Wildman–Crippen MR) is 97.0 cm³/mol. The van der Waals surface area contributed by atoms with Crippen molar-refractivity contribution in [3.63, 3.8) is 0 Å². The minimum absolute atomic E-state index is 0.0618. The van der Waals surface area contributed by atoms with Gasteiger partial charge in [-0.2, -0.15) is 10.4 Å².